The second-order valence-corrected chi connectivity index (χ2v) is 5.46. The second-order valence-electron chi connectivity index (χ2n) is 5.46. The summed E-state index contributed by atoms with van der Waals surface area (Å²) in [6, 6.07) is 8.25. The molecule has 0 saturated carbocycles. The van der Waals surface area contributed by atoms with Gasteiger partial charge in [0.2, 0.25) is 5.91 Å². The van der Waals surface area contributed by atoms with Crippen LogP contribution in [0.15, 0.2) is 24.3 Å². The van der Waals surface area contributed by atoms with Crippen molar-refractivity contribution in [3.8, 4) is 0 Å². The molecule has 0 spiro atoms. The van der Waals surface area contributed by atoms with Gasteiger partial charge in [0.1, 0.15) is 0 Å². The van der Waals surface area contributed by atoms with Gasteiger partial charge in [0, 0.05) is 12.2 Å². The SMILES string of the molecule is CCC(C)c1ccc(NC(=O)[C@@H]2CCCNC2)cc1. The smallest absolute Gasteiger partial charge is 0.228 e. The number of amides is 1. The van der Waals surface area contributed by atoms with Crippen LogP contribution in [0.5, 0.6) is 0 Å². The Morgan fingerprint density at radius 1 is 1.42 bits per heavy atom. The van der Waals surface area contributed by atoms with Crippen LogP contribution in [0.3, 0.4) is 0 Å². The van der Waals surface area contributed by atoms with Crippen molar-refractivity contribution in [2.45, 2.75) is 39.0 Å². The highest BCUT2D eigenvalue weighted by Crippen LogP contribution is 2.21. The van der Waals surface area contributed by atoms with Crippen molar-refractivity contribution < 1.29 is 4.79 Å². The third-order valence-electron chi connectivity index (χ3n) is 4.03. The summed E-state index contributed by atoms with van der Waals surface area (Å²) in [4.78, 5) is 12.1. The minimum absolute atomic E-state index is 0.114. The summed E-state index contributed by atoms with van der Waals surface area (Å²) in [6.45, 7) is 6.25. The number of carbonyl (C=O) groups excluding carboxylic acids is 1. The lowest BCUT2D eigenvalue weighted by Gasteiger charge is -2.22. The molecule has 2 rings (SSSR count). The largest absolute Gasteiger partial charge is 0.326 e. The Balaban J connectivity index is 1.93. The molecule has 19 heavy (non-hydrogen) atoms. The van der Waals surface area contributed by atoms with Crippen molar-refractivity contribution >= 4 is 11.6 Å². The lowest BCUT2D eigenvalue weighted by Crippen LogP contribution is -2.37. The average molecular weight is 260 g/mol. The number of benzene rings is 1. The molecule has 0 aromatic heterocycles. The molecule has 1 unspecified atom stereocenters. The maximum atomic E-state index is 12.1. The average Bonchev–Trinajstić information content (AvgIpc) is 2.48. The number of hydrogen-bond donors (Lipinski definition) is 2. The standard InChI is InChI=1S/C16H24N2O/c1-3-12(2)13-6-8-15(9-7-13)18-16(19)14-5-4-10-17-11-14/h6-9,12,14,17H,3-5,10-11H2,1-2H3,(H,18,19)/t12?,14-/m1/s1. The zero-order chi connectivity index (χ0) is 13.7. The molecular weight excluding hydrogens is 236 g/mol. The molecule has 1 fully saturated rings. The first-order chi connectivity index (χ1) is 9.20. The van der Waals surface area contributed by atoms with Crippen molar-refractivity contribution in [2.75, 3.05) is 18.4 Å². The van der Waals surface area contributed by atoms with Gasteiger partial charge < -0.3 is 10.6 Å². The van der Waals surface area contributed by atoms with Gasteiger partial charge >= 0.3 is 0 Å². The van der Waals surface area contributed by atoms with E-state index in [0.717, 1.165) is 38.0 Å². The summed E-state index contributed by atoms with van der Waals surface area (Å²) in [5.74, 6) is 0.832. The van der Waals surface area contributed by atoms with E-state index in [4.69, 9.17) is 0 Å². The Morgan fingerprint density at radius 3 is 2.74 bits per heavy atom. The fourth-order valence-corrected chi connectivity index (χ4v) is 2.45. The lowest BCUT2D eigenvalue weighted by atomic mass is 9.97. The van der Waals surface area contributed by atoms with Crippen LogP contribution in [-0.4, -0.2) is 19.0 Å². The van der Waals surface area contributed by atoms with E-state index in [1.807, 2.05) is 12.1 Å². The van der Waals surface area contributed by atoms with Crippen LogP contribution < -0.4 is 10.6 Å². The van der Waals surface area contributed by atoms with E-state index in [2.05, 4.69) is 36.6 Å². The predicted octanol–water partition coefficient (Wildman–Crippen LogP) is 3.14. The predicted molar refractivity (Wildman–Crippen MR) is 79.4 cm³/mol. The van der Waals surface area contributed by atoms with Crippen LogP contribution in [0.2, 0.25) is 0 Å². The number of carbonyl (C=O) groups is 1. The number of piperidine rings is 1. The Labute approximate surface area is 115 Å². The number of hydrogen-bond acceptors (Lipinski definition) is 2. The molecular formula is C16H24N2O. The van der Waals surface area contributed by atoms with Gasteiger partial charge in [-0.1, -0.05) is 26.0 Å². The molecule has 1 aromatic rings. The first-order valence-corrected chi connectivity index (χ1v) is 7.32. The summed E-state index contributed by atoms with van der Waals surface area (Å²) in [5, 5.41) is 6.29. The maximum absolute atomic E-state index is 12.1. The topological polar surface area (TPSA) is 41.1 Å². The molecule has 0 aliphatic carbocycles. The van der Waals surface area contributed by atoms with Crippen molar-refractivity contribution in [2.24, 2.45) is 5.92 Å². The second kappa shape index (κ2) is 6.71. The molecule has 1 aromatic carbocycles. The van der Waals surface area contributed by atoms with Gasteiger partial charge in [-0.15, -0.1) is 0 Å². The summed E-state index contributed by atoms with van der Waals surface area (Å²) in [5.41, 5.74) is 2.24. The molecule has 3 nitrogen and oxygen atoms in total. The van der Waals surface area contributed by atoms with Crippen molar-refractivity contribution in [3.05, 3.63) is 29.8 Å². The van der Waals surface area contributed by atoms with Gasteiger partial charge in [0.15, 0.2) is 0 Å². The maximum Gasteiger partial charge on any atom is 0.228 e. The molecule has 1 aliphatic rings. The third-order valence-corrected chi connectivity index (χ3v) is 4.03. The van der Waals surface area contributed by atoms with Gasteiger partial charge in [-0.25, -0.2) is 0 Å². The normalized spacial score (nSPS) is 20.8. The molecule has 3 heteroatoms. The Hall–Kier alpha value is -1.35. The zero-order valence-corrected chi connectivity index (χ0v) is 11.9. The van der Waals surface area contributed by atoms with Crippen LogP contribution in [-0.2, 0) is 4.79 Å². The number of nitrogens with one attached hydrogen (secondary N) is 2. The van der Waals surface area contributed by atoms with Crippen LogP contribution in [0, 0.1) is 5.92 Å². The molecule has 2 N–H and O–H groups in total. The van der Waals surface area contributed by atoms with E-state index < -0.39 is 0 Å². The molecule has 2 atom stereocenters. The van der Waals surface area contributed by atoms with Crippen molar-refractivity contribution in [1.82, 2.24) is 5.32 Å². The minimum atomic E-state index is 0.114. The zero-order valence-electron chi connectivity index (χ0n) is 11.9. The fourth-order valence-electron chi connectivity index (χ4n) is 2.45. The lowest BCUT2D eigenvalue weighted by molar-refractivity contribution is -0.120. The highest BCUT2D eigenvalue weighted by molar-refractivity contribution is 5.92. The van der Waals surface area contributed by atoms with Crippen molar-refractivity contribution in [1.29, 1.82) is 0 Å². The fraction of sp³-hybridized carbons (Fsp3) is 0.562. The quantitative estimate of drug-likeness (QED) is 0.873. The molecule has 1 amide bonds. The summed E-state index contributed by atoms with van der Waals surface area (Å²) >= 11 is 0. The van der Waals surface area contributed by atoms with E-state index >= 15 is 0 Å². The van der Waals surface area contributed by atoms with E-state index in [-0.39, 0.29) is 11.8 Å². The van der Waals surface area contributed by atoms with Gasteiger partial charge in [-0.05, 0) is 49.4 Å². The third kappa shape index (κ3) is 3.80. The van der Waals surface area contributed by atoms with Gasteiger partial charge in [0.05, 0.1) is 5.92 Å². The summed E-state index contributed by atoms with van der Waals surface area (Å²) in [6.07, 6.45) is 3.22. The van der Waals surface area contributed by atoms with Crippen LogP contribution >= 0.6 is 0 Å². The Kier molecular flexibility index (Phi) is 4.97. The monoisotopic (exact) mass is 260 g/mol. The molecule has 0 radical (unpaired) electrons. The number of anilines is 1. The first-order valence-electron chi connectivity index (χ1n) is 7.32. The number of rotatable bonds is 4. The highest BCUT2D eigenvalue weighted by Gasteiger charge is 2.20. The Bertz CT molecular complexity index is 407. The van der Waals surface area contributed by atoms with Gasteiger partial charge in [-0.2, -0.15) is 0 Å². The van der Waals surface area contributed by atoms with E-state index in [9.17, 15) is 4.79 Å². The minimum Gasteiger partial charge on any atom is -0.326 e. The van der Waals surface area contributed by atoms with Gasteiger partial charge in [-0.3, -0.25) is 4.79 Å². The highest BCUT2D eigenvalue weighted by atomic mass is 16.1. The molecule has 1 saturated heterocycles. The molecule has 104 valence electrons. The van der Waals surface area contributed by atoms with Gasteiger partial charge in [0.25, 0.3) is 0 Å². The van der Waals surface area contributed by atoms with Crippen LogP contribution in [0.4, 0.5) is 5.69 Å². The van der Waals surface area contributed by atoms with Crippen LogP contribution in [0.1, 0.15) is 44.6 Å². The molecule has 1 aliphatic heterocycles. The molecule has 0 bridgehead atoms. The van der Waals surface area contributed by atoms with Crippen molar-refractivity contribution in [3.63, 3.8) is 0 Å². The van der Waals surface area contributed by atoms with Crippen LogP contribution in [0.25, 0.3) is 0 Å². The Morgan fingerprint density at radius 2 is 2.16 bits per heavy atom. The van der Waals surface area contributed by atoms with E-state index in [1.165, 1.54) is 5.56 Å². The summed E-state index contributed by atoms with van der Waals surface area (Å²) in [7, 11) is 0. The summed E-state index contributed by atoms with van der Waals surface area (Å²) < 4.78 is 0. The van der Waals surface area contributed by atoms with E-state index in [0.29, 0.717) is 5.92 Å². The first kappa shape index (κ1) is 14.1. The van der Waals surface area contributed by atoms with E-state index in [1.54, 1.807) is 0 Å². The molecule has 1 heterocycles.